The van der Waals surface area contributed by atoms with Crippen molar-refractivity contribution in [2.75, 3.05) is 5.32 Å². The van der Waals surface area contributed by atoms with E-state index in [1.807, 2.05) is 12.1 Å². The van der Waals surface area contributed by atoms with E-state index in [1.54, 1.807) is 11.6 Å². The summed E-state index contributed by atoms with van der Waals surface area (Å²) in [4.78, 5) is 29.7. The summed E-state index contributed by atoms with van der Waals surface area (Å²) in [5, 5.41) is 13.3. The molecule has 168 valence electrons. The van der Waals surface area contributed by atoms with Crippen LogP contribution in [0.25, 0.3) is 16.0 Å². The minimum atomic E-state index is -0.487. The highest BCUT2D eigenvalue weighted by molar-refractivity contribution is 7.17. The zero-order valence-electron chi connectivity index (χ0n) is 18.4. The summed E-state index contributed by atoms with van der Waals surface area (Å²) in [5.74, 6) is -0.323. The molecule has 1 fully saturated rings. The van der Waals surface area contributed by atoms with Gasteiger partial charge in [-0.1, -0.05) is 13.8 Å². The van der Waals surface area contributed by atoms with Crippen LogP contribution in [0, 0.1) is 5.41 Å². The predicted octanol–water partition coefficient (Wildman–Crippen LogP) is 4.06. The third kappa shape index (κ3) is 3.61. The Morgan fingerprint density at radius 3 is 2.72 bits per heavy atom. The van der Waals surface area contributed by atoms with Crippen molar-refractivity contribution >= 4 is 39.1 Å². The molecular formula is C24H28N4O3S. The molecule has 0 unspecified atom stereocenters. The number of nitrogens with two attached hydrogens (primary N) is 1. The third-order valence-electron chi connectivity index (χ3n) is 6.69. The van der Waals surface area contributed by atoms with E-state index in [9.17, 15) is 14.7 Å². The van der Waals surface area contributed by atoms with E-state index < -0.39 is 5.91 Å². The van der Waals surface area contributed by atoms with Crippen LogP contribution in [0.2, 0.25) is 0 Å². The van der Waals surface area contributed by atoms with Gasteiger partial charge in [0.2, 0.25) is 0 Å². The van der Waals surface area contributed by atoms with Gasteiger partial charge in [0.05, 0.1) is 27.4 Å². The lowest BCUT2D eigenvalue weighted by atomic mass is 9.76. The molecule has 4 N–H and O–H groups in total. The van der Waals surface area contributed by atoms with E-state index in [0.29, 0.717) is 17.7 Å². The number of anilines is 1. The summed E-state index contributed by atoms with van der Waals surface area (Å²) in [5.41, 5.74) is 11.9. The Morgan fingerprint density at radius 2 is 2.00 bits per heavy atom. The number of carbonyl (C=O) groups is 2. The number of aromatic nitrogens is 2. The fourth-order valence-electron chi connectivity index (χ4n) is 5.16. The second-order valence-corrected chi connectivity index (χ2v) is 10.7. The van der Waals surface area contributed by atoms with Crippen LogP contribution in [0.15, 0.2) is 23.7 Å². The second-order valence-electron chi connectivity index (χ2n) is 9.85. The number of rotatable bonds is 4. The Bertz CT molecular complexity index is 1220. The maximum atomic E-state index is 13.0. The lowest BCUT2D eigenvalue weighted by molar-refractivity contribution is 0.0912. The number of carbonyl (C=O) groups excluding carboxylic acids is 2. The molecule has 2 aliphatic carbocycles. The minimum Gasteiger partial charge on any atom is -0.393 e. The average molecular weight is 453 g/mol. The van der Waals surface area contributed by atoms with Gasteiger partial charge in [-0.15, -0.1) is 11.3 Å². The average Bonchev–Trinajstić information content (AvgIpc) is 3.28. The van der Waals surface area contributed by atoms with Crippen molar-refractivity contribution in [3.05, 3.63) is 40.5 Å². The molecule has 0 radical (unpaired) electrons. The number of Topliss-reactive ketones (excluding diaryl/α,β-unsaturated/α-hetero) is 1. The molecule has 2 heterocycles. The van der Waals surface area contributed by atoms with Gasteiger partial charge in [0.25, 0.3) is 5.91 Å². The number of nitrogens with zero attached hydrogens (tertiary/aromatic N) is 2. The number of aliphatic hydroxyl groups excluding tert-OH is 1. The molecule has 0 saturated heterocycles. The molecule has 3 aromatic rings. The first-order valence-electron chi connectivity index (χ1n) is 11.1. The fraction of sp³-hybridized carbons (Fsp3) is 0.458. The van der Waals surface area contributed by atoms with Crippen LogP contribution in [0.5, 0.6) is 0 Å². The van der Waals surface area contributed by atoms with E-state index in [4.69, 9.17) is 5.73 Å². The van der Waals surface area contributed by atoms with Crippen molar-refractivity contribution in [1.82, 2.24) is 9.55 Å². The number of hydrogen-bond acceptors (Lipinski definition) is 6. The minimum absolute atomic E-state index is 0.126. The topological polar surface area (TPSA) is 110 Å². The molecular weight excluding hydrogens is 424 g/mol. The Morgan fingerprint density at radius 1 is 1.25 bits per heavy atom. The molecule has 0 aliphatic heterocycles. The molecule has 2 aliphatic rings. The van der Waals surface area contributed by atoms with E-state index in [-0.39, 0.29) is 23.3 Å². The maximum absolute atomic E-state index is 13.0. The highest BCUT2D eigenvalue weighted by atomic mass is 32.1. The van der Waals surface area contributed by atoms with E-state index in [1.165, 1.54) is 11.3 Å². The van der Waals surface area contributed by atoms with Crippen molar-refractivity contribution in [2.45, 2.75) is 64.5 Å². The fourth-order valence-corrected chi connectivity index (χ4v) is 6.02. The van der Waals surface area contributed by atoms with Crippen molar-refractivity contribution in [3.8, 4) is 5.69 Å². The van der Waals surface area contributed by atoms with Crippen LogP contribution in [-0.2, 0) is 6.42 Å². The first-order valence-corrected chi connectivity index (χ1v) is 12.0. The number of nitrogens with one attached hydrogen (secondary N) is 1. The number of amides is 1. The molecule has 0 atom stereocenters. The summed E-state index contributed by atoms with van der Waals surface area (Å²) in [6.07, 6.45) is 4.20. The normalized spacial score (nSPS) is 22.7. The van der Waals surface area contributed by atoms with Gasteiger partial charge in [0.15, 0.2) is 11.4 Å². The number of benzene rings is 1. The van der Waals surface area contributed by atoms with Gasteiger partial charge in [-0.2, -0.15) is 0 Å². The van der Waals surface area contributed by atoms with E-state index >= 15 is 0 Å². The van der Waals surface area contributed by atoms with Crippen molar-refractivity contribution in [1.29, 1.82) is 0 Å². The quantitative estimate of drug-likeness (QED) is 0.553. The van der Waals surface area contributed by atoms with E-state index in [0.717, 1.165) is 59.4 Å². The summed E-state index contributed by atoms with van der Waals surface area (Å²) < 4.78 is 3.00. The number of fused-ring (bicyclic) bond motifs is 3. The Kier molecular flexibility index (Phi) is 5.09. The van der Waals surface area contributed by atoms with Crippen molar-refractivity contribution < 1.29 is 14.7 Å². The molecule has 0 bridgehead atoms. The smallest absolute Gasteiger partial charge is 0.250 e. The summed E-state index contributed by atoms with van der Waals surface area (Å²) in [6.45, 7) is 4.24. The van der Waals surface area contributed by atoms with Crippen molar-refractivity contribution in [2.24, 2.45) is 11.1 Å². The van der Waals surface area contributed by atoms with Crippen LogP contribution < -0.4 is 11.1 Å². The number of thiazole rings is 1. The predicted molar refractivity (Wildman–Crippen MR) is 126 cm³/mol. The van der Waals surface area contributed by atoms with Gasteiger partial charge in [0, 0.05) is 29.5 Å². The van der Waals surface area contributed by atoms with E-state index in [2.05, 4.69) is 28.7 Å². The maximum Gasteiger partial charge on any atom is 0.250 e. The van der Waals surface area contributed by atoms with Crippen LogP contribution >= 0.6 is 11.3 Å². The van der Waals surface area contributed by atoms with Gasteiger partial charge >= 0.3 is 0 Å². The Balaban J connectivity index is 1.62. The van der Waals surface area contributed by atoms with Gasteiger partial charge < -0.3 is 16.2 Å². The van der Waals surface area contributed by atoms with Crippen molar-refractivity contribution in [3.63, 3.8) is 0 Å². The molecule has 1 aromatic carbocycles. The lowest BCUT2D eigenvalue weighted by Gasteiger charge is -2.30. The molecule has 32 heavy (non-hydrogen) atoms. The Labute approximate surface area is 190 Å². The highest BCUT2D eigenvalue weighted by Gasteiger charge is 2.37. The highest BCUT2D eigenvalue weighted by Crippen LogP contribution is 2.42. The lowest BCUT2D eigenvalue weighted by Crippen LogP contribution is -2.29. The standard InChI is InChI=1S/C24H28N4O3S/c1-24(2)10-18-20(19(30)11-24)21-23(26-12-32-21)28(18)14-5-8-16(22(25)31)17(9-14)27-13-3-6-15(29)7-4-13/h5,8-9,12-13,15,27,29H,3-4,6-7,10-11H2,1-2H3,(H2,25,31)/t13-,15-. The zero-order chi connectivity index (χ0) is 22.6. The number of ketones is 1. The third-order valence-corrected chi connectivity index (χ3v) is 7.53. The SMILES string of the molecule is CC1(C)CC(=O)c2c(n(-c3ccc(C(N)=O)c(N[C@H]4CC[C@H](O)CC4)c3)c3ncsc23)C1. The summed E-state index contributed by atoms with van der Waals surface area (Å²) in [6, 6.07) is 5.74. The number of hydrogen-bond donors (Lipinski definition) is 3. The number of aliphatic hydroxyl groups is 1. The van der Waals surface area contributed by atoms with Gasteiger partial charge in [-0.25, -0.2) is 4.98 Å². The van der Waals surface area contributed by atoms with Gasteiger partial charge in [-0.05, 0) is 55.7 Å². The first kappa shape index (κ1) is 21.2. The summed E-state index contributed by atoms with van der Waals surface area (Å²) >= 11 is 1.50. The second kappa shape index (κ2) is 7.71. The molecule has 0 spiro atoms. The molecule has 5 rings (SSSR count). The first-order chi connectivity index (χ1) is 15.2. The monoisotopic (exact) mass is 452 g/mol. The van der Waals surface area contributed by atoms with Crippen LogP contribution in [-0.4, -0.2) is 38.5 Å². The Hall–Kier alpha value is -2.71. The molecule has 1 amide bonds. The summed E-state index contributed by atoms with van der Waals surface area (Å²) in [7, 11) is 0. The van der Waals surface area contributed by atoms with Crippen LogP contribution in [0.4, 0.5) is 5.69 Å². The van der Waals surface area contributed by atoms with Crippen LogP contribution in [0.3, 0.4) is 0 Å². The largest absolute Gasteiger partial charge is 0.393 e. The molecule has 8 heteroatoms. The number of primary amides is 1. The van der Waals surface area contributed by atoms with Gasteiger partial charge in [-0.3, -0.25) is 14.2 Å². The molecule has 7 nitrogen and oxygen atoms in total. The zero-order valence-corrected chi connectivity index (χ0v) is 19.2. The molecule has 1 saturated carbocycles. The van der Waals surface area contributed by atoms with Crippen LogP contribution in [0.1, 0.15) is 72.4 Å². The van der Waals surface area contributed by atoms with Gasteiger partial charge in [0.1, 0.15) is 0 Å². The molecule has 2 aromatic heterocycles.